The average molecular weight is 466 g/mol. The van der Waals surface area contributed by atoms with Gasteiger partial charge < -0.3 is 10.2 Å². The van der Waals surface area contributed by atoms with E-state index in [1.54, 1.807) is 36.1 Å². The van der Waals surface area contributed by atoms with Gasteiger partial charge in [-0.15, -0.1) is 11.8 Å². The summed E-state index contributed by atoms with van der Waals surface area (Å²) in [6, 6.07) is 9.36. The van der Waals surface area contributed by atoms with Crippen LogP contribution in [0.25, 0.3) is 0 Å². The minimum Gasteiger partial charge on any atom is -0.341 e. The first kappa shape index (κ1) is 21.0. The van der Waals surface area contributed by atoms with Crippen LogP contribution in [-0.2, 0) is 19.6 Å². The molecule has 4 rings (SSSR count). The largest absolute Gasteiger partial charge is 0.341 e. The molecule has 158 valence electrons. The number of thioether (sulfide) groups is 1. The SMILES string of the molecule is Cc1cc(Cl)ccc1NS(=O)(=O)c1ccc2c(c1)NC(=O)[C@@H](C(=O)N1CCCC1)S2. The van der Waals surface area contributed by atoms with E-state index in [0.29, 0.717) is 39.9 Å². The maximum Gasteiger partial charge on any atom is 0.261 e. The highest BCUT2D eigenvalue weighted by atomic mass is 35.5. The second-order valence-corrected chi connectivity index (χ2v) is 10.5. The van der Waals surface area contributed by atoms with Crippen molar-refractivity contribution in [3.63, 3.8) is 0 Å². The number of benzene rings is 2. The highest BCUT2D eigenvalue weighted by Gasteiger charge is 2.37. The van der Waals surface area contributed by atoms with Crippen molar-refractivity contribution in [3.8, 4) is 0 Å². The summed E-state index contributed by atoms with van der Waals surface area (Å²) in [5.41, 5.74) is 1.49. The number of rotatable bonds is 4. The molecule has 1 atom stereocenters. The Bertz CT molecular complexity index is 1130. The number of likely N-dealkylation sites (tertiary alicyclic amines) is 1. The molecule has 7 nitrogen and oxygen atoms in total. The van der Waals surface area contributed by atoms with Crippen molar-refractivity contribution in [1.29, 1.82) is 0 Å². The zero-order valence-corrected chi connectivity index (χ0v) is 18.5. The molecule has 0 aliphatic carbocycles. The fraction of sp³-hybridized carbons (Fsp3) is 0.300. The van der Waals surface area contributed by atoms with Gasteiger partial charge in [-0.2, -0.15) is 0 Å². The van der Waals surface area contributed by atoms with Crippen molar-refractivity contribution in [2.24, 2.45) is 0 Å². The topological polar surface area (TPSA) is 95.6 Å². The van der Waals surface area contributed by atoms with E-state index >= 15 is 0 Å². The van der Waals surface area contributed by atoms with Gasteiger partial charge in [0.25, 0.3) is 10.0 Å². The first-order valence-electron chi connectivity index (χ1n) is 9.44. The van der Waals surface area contributed by atoms with E-state index in [0.717, 1.165) is 24.6 Å². The molecule has 2 aromatic rings. The number of nitrogens with zero attached hydrogens (tertiary/aromatic N) is 1. The predicted octanol–water partition coefficient (Wildman–Crippen LogP) is 3.48. The third-order valence-electron chi connectivity index (χ3n) is 5.08. The summed E-state index contributed by atoms with van der Waals surface area (Å²) in [5.74, 6) is -0.627. The Labute approximate surface area is 184 Å². The summed E-state index contributed by atoms with van der Waals surface area (Å²) in [4.78, 5) is 27.5. The second-order valence-electron chi connectivity index (χ2n) is 7.24. The van der Waals surface area contributed by atoms with Crippen molar-refractivity contribution in [2.75, 3.05) is 23.1 Å². The van der Waals surface area contributed by atoms with E-state index < -0.39 is 21.2 Å². The number of carbonyl (C=O) groups excluding carboxylic acids is 2. The van der Waals surface area contributed by atoms with Crippen molar-refractivity contribution in [2.45, 2.75) is 34.8 Å². The monoisotopic (exact) mass is 465 g/mol. The van der Waals surface area contributed by atoms with Crippen molar-refractivity contribution in [1.82, 2.24) is 4.90 Å². The molecule has 2 heterocycles. The zero-order valence-electron chi connectivity index (χ0n) is 16.1. The molecular formula is C20H20ClN3O4S2. The quantitative estimate of drug-likeness (QED) is 0.674. The first-order valence-corrected chi connectivity index (χ1v) is 12.2. The number of aryl methyl sites for hydroxylation is 1. The smallest absolute Gasteiger partial charge is 0.261 e. The van der Waals surface area contributed by atoms with Gasteiger partial charge in [0.2, 0.25) is 11.8 Å². The van der Waals surface area contributed by atoms with Gasteiger partial charge >= 0.3 is 0 Å². The van der Waals surface area contributed by atoms with Crippen LogP contribution in [0.5, 0.6) is 0 Å². The first-order chi connectivity index (χ1) is 14.2. The van der Waals surface area contributed by atoms with Gasteiger partial charge in [-0.1, -0.05) is 11.6 Å². The van der Waals surface area contributed by atoms with Crippen LogP contribution in [0.15, 0.2) is 46.2 Å². The molecule has 1 fully saturated rings. The van der Waals surface area contributed by atoms with E-state index in [1.165, 1.54) is 12.1 Å². The van der Waals surface area contributed by atoms with Crippen LogP contribution in [0.1, 0.15) is 18.4 Å². The minimum absolute atomic E-state index is 0.0146. The Balaban J connectivity index is 1.56. The van der Waals surface area contributed by atoms with E-state index in [4.69, 9.17) is 11.6 Å². The van der Waals surface area contributed by atoms with Gasteiger partial charge in [-0.05, 0) is 61.7 Å². The molecule has 0 spiro atoms. The molecule has 0 aromatic heterocycles. The average Bonchev–Trinajstić information content (AvgIpc) is 3.23. The van der Waals surface area contributed by atoms with Crippen LogP contribution in [0, 0.1) is 6.92 Å². The molecule has 2 aliphatic heterocycles. The normalized spacial score (nSPS) is 18.7. The highest BCUT2D eigenvalue weighted by molar-refractivity contribution is 8.01. The molecular weight excluding hydrogens is 446 g/mol. The summed E-state index contributed by atoms with van der Waals surface area (Å²) in [6.45, 7) is 3.09. The lowest BCUT2D eigenvalue weighted by Gasteiger charge is -2.27. The molecule has 30 heavy (non-hydrogen) atoms. The number of sulfonamides is 1. The third kappa shape index (κ3) is 4.14. The van der Waals surface area contributed by atoms with Crippen molar-refractivity contribution < 1.29 is 18.0 Å². The molecule has 2 aromatic carbocycles. The van der Waals surface area contributed by atoms with Gasteiger partial charge in [0.1, 0.15) is 0 Å². The predicted molar refractivity (Wildman–Crippen MR) is 118 cm³/mol. The summed E-state index contributed by atoms with van der Waals surface area (Å²) in [5, 5.41) is 2.35. The highest BCUT2D eigenvalue weighted by Crippen LogP contribution is 2.38. The van der Waals surface area contributed by atoms with E-state index in [2.05, 4.69) is 10.0 Å². The molecule has 10 heteroatoms. The molecule has 0 saturated carbocycles. The Morgan fingerprint density at radius 1 is 1.20 bits per heavy atom. The third-order valence-corrected chi connectivity index (χ3v) is 7.94. The molecule has 0 bridgehead atoms. The maximum absolute atomic E-state index is 12.8. The number of carbonyl (C=O) groups is 2. The Morgan fingerprint density at radius 3 is 2.63 bits per heavy atom. The lowest BCUT2D eigenvalue weighted by atomic mass is 10.2. The number of fused-ring (bicyclic) bond motifs is 1. The van der Waals surface area contributed by atoms with Gasteiger partial charge in [-0.25, -0.2) is 8.42 Å². The number of anilines is 2. The van der Waals surface area contributed by atoms with Crippen LogP contribution < -0.4 is 10.0 Å². The van der Waals surface area contributed by atoms with E-state index in [1.807, 2.05) is 0 Å². The molecule has 2 amide bonds. The zero-order chi connectivity index (χ0) is 21.5. The van der Waals surface area contributed by atoms with Crippen LogP contribution in [-0.4, -0.2) is 43.5 Å². The Kier molecular flexibility index (Phi) is 5.69. The van der Waals surface area contributed by atoms with Gasteiger partial charge in [0.05, 0.1) is 16.3 Å². The summed E-state index contributed by atoms with van der Waals surface area (Å²) in [7, 11) is -3.87. The van der Waals surface area contributed by atoms with Gasteiger partial charge in [0, 0.05) is 23.0 Å². The standard InChI is InChI=1S/C20H20ClN3O4S2/c1-12-10-13(21)4-6-15(12)23-30(27,28)14-5-7-17-16(11-14)22-19(25)18(29-17)20(26)24-8-2-3-9-24/h4-7,10-11,18,23H,2-3,8-9H2,1H3,(H,22,25)/t18-/m0/s1. The van der Waals surface area contributed by atoms with Gasteiger partial charge in [-0.3, -0.25) is 14.3 Å². The Morgan fingerprint density at radius 2 is 1.93 bits per heavy atom. The fourth-order valence-electron chi connectivity index (χ4n) is 3.47. The minimum atomic E-state index is -3.87. The van der Waals surface area contributed by atoms with Crippen molar-refractivity contribution in [3.05, 3.63) is 47.0 Å². The molecule has 2 N–H and O–H groups in total. The lowest BCUT2D eigenvalue weighted by Crippen LogP contribution is -2.43. The molecule has 2 aliphatic rings. The number of hydrogen-bond donors (Lipinski definition) is 2. The summed E-state index contributed by atoms with van der Waals surface area (Å²) >= 11 is 7.08. The maximum atomic E-state index is 12.8. The Hall–Kier alpha value is -2.23. The molecule has 0 unspecified atom stereocenters. The van der Waals surface area contributed by atoms with Crippen LogP contribution >= 0.6 is 23.4 Å². The molecule has 0 radical (unpaired) electrons. The van der Waals surface area contributed by atoms with Crippen LogP contribution in [0.4, 0.5) is 11.4 Å². The van der Waals surface area contributed by atoms with Gasteiger partial charge in [0.15, 0.2) is 5.25 Å². The van der Waals surface area contributed by atoms with Crippen LogP contribution in [0.3, 0.4) is 0 Å². The van der Waals surface area contributed by atoms with Crippen LogP contribution in [0.2, 0.25) is 5.02 Å². The number of hydrogen-bond acceptors (Lipinski definition) is 5. The number of amides is 2. The van der Waals surface area contributed by atoms with E-state index in [9.17, 15) is 18.0 Å². The summed E-state index contributed by atoms with van der Waals surface area (Å²) in [6.07, 6.45) is 1.89. The number of halogens is 1. The summed E-state index contributed by atoms with van der Waals surface area (Å²) < 4.78 is 28.2. The number of nitrogens with one attached hydrogen (secondary N) is 2. The lowest BCUT2D eigenvalue weighted by molar-refractivity contribution is -0.133. The fourth-order valence-corrected chi connectivity index (χ4v) is 5.90. The second kappa shape index (κ2) is 8.13. The molecule has 1 saturated heterocycles. The van der Waals surface area contributed by atoms with E-state index in [-0.39, 0.29) is 10.8 Å². The van der Waals surface area contributed by atoms with Crippen molar-refractivity contribution >= 4 is 56.6 Å².